The smallest absolute Gasteiger partial charge is 0.164 e. The van der Waals surface area contributed by atoms with Crippen molar-refractivity contribution in [3.8, 4) is 5.75 Å². The lowest BCUT2D eigenvalue weighted by Gasteiger charge is -2.42. The number of hydrogen-bond acceptors (Lipinski definition) is 6. The highest BCUT2D eigenvalue weighted by Gasteiger charge is 2.35. The number of fused-ring (bicyclic) bond motifs is 1. The molecule has 0 amide bonds. The summed E-state index contributed by atoms with van der Waals surface area (Å²) < 4.78 is 7.72. The molecule has 2 N–H and O–H groups in total. The molecule has 1 aliphatic heterocycles. The van der Waals surface area contributed by atoms with Gasteiger partial charge in [0.05, 0.1) is 34.3 Å². The second-order valence-electron chi connectivity index (χ2n) is 7.31. The summed E-state index contributed by atoms with van der Waals surface area (Å²) >= 11 is 13.2. The van der Waals surface area contributed by atoms with Crippen molar-refractivity contribution in [1.82, 2.24) is 24.6 Å². The maximum absolute atomic E-state index is 6.65. The molecule has 2 atom stereocenters. The first-order valence-electron chi connectivity index (χ1n) is 9.64. The molecule has 0 aliphatic carbocycles. The average Bonchev–Trinajstić information content (AvgIpc) is 3.02. The van der Waals surface area contributed by atoms with Gasteiger partial charge < -0.3 is 10.5 Å². The fourth-order valence-corrected chi connectivity index (χ4v) is 4.69. The van der Waals surface area contributed by atoms with Gasteiger partial charge in [-0.2, -0.15) is 5.10 Å². The Labute approximate surface area is 179 Å². The highest BCUT2D eigenvalue weighted by Crippen LogP contribution is 2.48. The fraction of sp³-hybridized carbons (Fsp3) is 0.450. The van der Waals surface area contributed by atoms with Crippen LogP contribution in [0.25, 0.3) is 11.0 Å². The minimum Gasteiger partial charge on any atom is -0.496 e. The first-order chi connectivity index (χ1) is 13.9. The van der Waals surface area contributed by atoms with Gasteiger partial charge in [0, 0.05) is 23.7 Å². The van der Waals surface area contributed by atoms with Crippen molar-refractivity contribution in [2.45, 2.75) is 39.3 Å². The third kappa shape index (κ3) is 3.12. The molecule has 2 unspecified atom stereocenters. The molecule has 0 saturated carbocycles. The highest BCUT2D eigenvalue weighted by atomic mass is 35.5. The Morgan fingerprint density at radius 3 is 2.72 bits per heavy atom. The van der Waals surface area contributed by atoms with E-state index in [0.717, 1.165) is 47.5 Å². The summed E-state index contributed by atoms with van der Waals surface area (Å²) in [5, 5.41) is 6.51. The number of rotatable bonds is 5. The van der Waals surface area contributed by atoms with Crippen LogP contribution in [0.2, 0.25) is 10.0 Å². The lowest BCUT2D eigenvalue weighted by Crippen LogP contribution is -2.41. The minimum atomic E-state index is -0.195. The van der Waals surface area contributed by atoms with E-state index in [1.54, 1.807) is 7.11 Å². The summed E-state index contributed by atoms with van der Waals surface area (Å²) in [6, 6.07) is 1.86. The van der Waals surface area contributed by atoms with E-state index >= 15 is 0 Å². The third-order valence-electron chi connectivity index (χ3n) is 5.82. The van der Waals surface area contributed by atoms with Crippen molar-refractivity contribution in [1.29, 1.82) is 0 Å². The molecule has 1 aromatic carbocycles. The predicted octanol–water partition coefficient (Wildman–Crippen LogP) is 4.41. The van der Waals surface area contributed by atoms with Gasteiger partial charge in [0.15, 0.2) is 5.65 Å². The van der Waals surface area contributed by atoms with Gasteiger partial charge in [0.25, 0.3) is 0 Å². The Kier molecular flexibility index (Phi) is 5.31. The van der Waals surface area contributed by atoms with Gasteiger partial charge in [0.1, 0.15) is 17.9 Å². The van der Waals surface area contributed by atoms with Crippen molar-refractivity contribution in [2.24, 2.45) is 0 Å². The molecule has 3 aromatic rings. The van der Waals surface area contributed by atoms with Crippen LogP contribution in [0.4, 0.5) is 5.82 Å². The Balaban J connectivity index is 1.90. The molecule has 2 aromatic heterocycles. The molecule has 3 heterocycles. The second-order valence-corrected chi connectivity index (χ2v) is 8.09. The largest absolute Gasteiger partial charge is 0.496 e. The highest BCUT2D eigenvalue weighted by molar-refractivity contribution is 6.42. The summed E-state index contributed by atoms with van der Waals surface area (Å²) in [6.45, 7) is 8.06. The van der Waals surface area contributed by atoms with Crippen molar-refractivity contribution in [2.75, 3.05) is 25.9 Å². The third-order valence-corrected chi connectivity index (χ3v) is 6.62. The van der Waals surface area contributed by atoms with Crippen molar-refractivity contribution >= 4 is 40.1 Å². The van der Waals surface area contributed by atoms with Crippen molar-refractivity contribution in [3.63, 3.8) is 0 Å². The number of methoxy groups -OCH3 is 1. The first-order valence-corrected chi connectivity index (χ1v) is 10.4. The molecule has 0 spiro atoms. The molecular formula is C20H24Cl2N6O. The van der Waals surface area contributed by atoms with Crippen LogP contribution in [0, 0.1) is 6.92 Å². The number of nitrogen functional groups attached to an aromatic ring is 1. The number of benzene rings is 1. The van der Waals surface area contributed by atoms with Crippen LogP contribution >= 0.6 is 23.2 Å². The predicted molar refractivity (Wildman–Crippen MR) is 116 cm³/mol. The number of hydrogen-bond donors (Lipinski definition) is 1. The van der Waals surface area contributed by atoms with Crippen LogP contribution < -0.4 is 10.5 Å². The van der Waals surface area contributed by atoms with Gasteiger partial charge in [-0.25, -0.2) is 14.6 Å². The van der Waals surface area contributed by atoms with Crippen LogP contribution in [-0.4, -0.2) is 44.8 Å². The number of nitrogens with zero attached hydrogens (tertiary/aromatic N) is 5. The summed E-state index contributed by atoms with van der Waals surface area (Å²) in [5.74, 6) is 1.17. The topological polar surface area (TPSA) is 82.1 Å². The molecule has 1 aliphatic rings. The number of ether oxygens (including phenoxy) is 1. The van der Waals surface area contributed by atoms with Crippen LogP contribution in [0.15, 0.2) is 12.4 Å². The molecule has 0 radical (unpaired) electrons. The van der Waals surface area contributed by atoms with E-state index in [1.807, 2.05) is 24.6 Å². The van der Waals surface area contributed by atoms with Gasteiger partial charge in [-0.15, -0.1) is 0 Å². The van der Waals surface area contributed by atoms with Gasteiger partial charge in [-0.3, -0.25) is 4.90 Å². The Morgan fingerprint density at radius 2 is 2.10 bits per heavy atom. The van der Waals surface area contributed by atoms with Crippen molar-refractivity contribution < 1.29 is 4.74 Å². The zero-order chi connectivity index (χ0) is 20.9. The average molecular weight is 435 g/mol. The van der Waals surface area contributed by atoms with Gasteiger partial charge in [-0.05, 0) is 32.9 Å². The van der Waals surface area contributed by atoms with Gasteiger partial charge in [-0.1, -0.05) is 30.1 Å². The number of anilines is 1. The van der Waals surface area contributed by atoms with Crippen LogP contribution in [0.1, 0.15) is 49.2 Å². The summed E-state index contributed by atoms with van der Waals surface area (Å²) in [5.41, 5.74) is 9.36. The Morgan fingerprint density at radius 1 is 1.34 bits per heavy atom. The van der Waals surface area contributed by atoms with Gasteiger partial charge in [0.2, 0.25) is 0 Å². The lowest BCUT2D eigenvalue weighted by molar-refractivity contribution is 0.0960. The number of aromatic nitrogens is 4. The minimum absolute atomic E-state index is 0.195. The summed E-state index contributed by atoms with van der Waals surface area (Å²) in [6.07, 6.45) is 2.47. The number of aryl methyl sites for hydroxylation is 1. The lowest BCUT2D eigenvalue weighted by atomic mass is 9.91. The van der Waals surface area contributed by atoms with Crippen LogP contribution in [-0.2, 0) is 0 Å². The quantitative estimate of drug-likeness (QED) is 0.640. The van der Waals surface area contributed by atoms with E-state index < -0.39 is 0 Å². The van der Waals surface area contributed by atoms with Crippen LogP contribution in [0.3, 0.4) is 0 Å². The monoisotopic (exact) mass is 434 g/mol. The normalized spacial score (nSPS) is 18.1. The molecule has 9 heteroatoms. The molecule has 0 bridgehead atoms. The molecule has 1 fully saturated rings. The van der Waals surface area contributed by atoms with Gasteiger partial charge >= 0.3 is 0 Å². The summed E-state index contributed by atoms with van der Waals surface area (Å²) in [7, 11) is 1.67. The van der Waals surface area contributed by atoms with Crippen LogP contribution in [0.5, 0.6) is 5.75 Å². The van der Waals surface area contributed by atoms with Crippen molar-refractivity contribution in [3.05, 3.63) is 39.3 Å². The van der Waals surface area contributed by atoms with E-state index in [-0.39, 0.29) is 12.1 Å². The zero-order valence-corrected chi connectivity index (χ0v) is 18.4. The maximum atomic E-state index is 6.65. The molecule has 7 nitrogen and oxygen atoms in total. The molecule has 29 heavy (non-hydrogen) atoms. The summed E-state index contributed by atoms with van der Waals surface area (Å²) in [4.78, 5) is 10.9. The number of nitrogens with two attached hydrogens (primary N) is 1. The standard InChI is InChI=1S/C20H24Cl2N6O/c1-5-27-7-6-14(27)16-17(22)13(21)8-12(18(16)29-4)11(3)28-20-15(10(2)26-28)19(23)24-9-25-20/h8-9,11,14H,5-7H2,1-4H3,(H2,23,24,25). The molecule has 154 valence electrons. The second kappa shape index (κ2) is 7.63. The number of likely N-dealkylation sites (tertiary alicyclic amines) is 1. The Bertz CT molecular complexity index is 1080. The SMILES string of the molecule is CCN1CCC1c1c(Cl)c(Cl)cc(C(C)n2nc(C)c3c(N)ncnc32)c1OC. The maximum Gasteiger partial charge on any atom is 0.164 e. The fourth-order valence-electron chi connectivity index (χ4n) is 4.20. The Hall–Kier alpha value is -2.09. The van der Waals surface area contributed by atoms with E-state index in [4.69, 9.17) is 33.7 Å². The molecule has 1 saturated heterocycles. The number of halogens is 2. The molecule has 4 rings (SSSR count). The zero-order valence-electron chi connectivity index (χ0n) is 16.9. The van der Waals surface area contributed by atoms with E-state index in [9.17, 15) is 0 Å². The van der Waals surface area contributed by atoms with E-state index in [0.29, 0.717) is 21.5 Å². The van der Waals surface area contributed by atoms with E-state index in [2.05, 4.69) is 26.9 Å². The molecular weight excluding hydrogens is 411 g/mol. The van der Waals surface area contributed by atoms with E-state index in [1.165, 1.54) is 6.33 Å². The first kappa shape index (κ1) is 20.2.